The summed E-state index contributed by atoms with van der Waals surface area (Å²) in [5.41, 5.74) is 6.49. The molecule has 0 radical (unpaired) electrons. The molecule has 1 rings (SSSR count). The summed E-state index contributed by atoms with van der Waals surface area (Å²) in [6.45, 7) is 1.96. The normalized spacial score (nSPS) is 12.9. The van der Waals surface area contributed by atoms with Crippen molar-refractivity contribution in [3.63, 3.8) is 0 Å². The molecule has 1 heterocycles. The van der Waals surface area contributed by atoms with E-state index in [1.807, 2.05) is 19.1 Å². The van der Waals surface area contributed by atoms with E-state index in [1.54, 1.807) is 0 Å². The molecule has 60 valence electrons. The van der Waals surface area contributed by atoms with Crippen LogP contribution in [0.3, 0.4) is 0 Å². The van der Waals surface area contributed by atoms with E-state index in [2.05, 4.69) is 17.1 Å². The van der Waals surface area contributed by atoms with E-state index in [0.29, 0.717) is 5.82 Å². The molecule has 1 atom stereocenters. The van der Waals surface area contributed by atoms with Crippen LogP contribution >= 0.6 is 10.5 Å². The van der Waals surface area contributed by atoms with Gasteiger partial charge in [0.15, 0.2) is 0 Å². The van der Waals surface area contributed by atoms with Gasteiger partial charge in [-0.25, -0.2) is 4.98 Å². The molecule has 0 saturated carbocycles. The van der Waals surface area contributed by atoms with Gasteiger partial charge in [0.05, 0.1) is 5.69 Å². The second-order valence-electron chi connectivity index (χ2n) is 2.46. The Hall–Kier alpha value is -0.830. The summed E-state index contributed by atoms with van der Waals surface area (Å²) in [4.78, 5) is 5.33. The molecule has 11 heavy (non-hydrogen) atoms. The van der Waals surface area contributed by atoms with Crippen molar-refractivity contribution in [1.29, 1.82) is 0 Å². The number of nitrogens with two attached hydrogens (primary N) is 1. The quantitative estimate of drug-likeness (QED) is 0.648. The summed E-state index contributed by atoms with van der Waals surface area (Å²) in [6.07, 6.45) is 2.07. The first-order valence-electron chi connectivity index (χ1n) is 3.30. The molecule has 0 saturated heterocycles. The van der Waals surface area contributed by atoms with Crippen molar-refractivity contribution in [3.05, 3.63) is 17.8 Å². The third-order valence-electron chi connectivity index (χ3n) is 1.43. The molecule has 0 spiro atoms. The number of aryl methyl sites for hydroxylation is 1. The highest BCUT2D eigenvalue weighted by Crippen LogP contribution is 2.23. The van der Waals surface area contributed by atoms with Crippen LogP contribution in [-0.4, -0.2) is 17.1 Å². The van der Waals surface area contributed by atoms with E-state index in [4.69, 9.17) is 5.73 Å². The summed E-state index contributed by atoms with van der Waals surface area (Å²) in [6, 6.07) is 3.81. The number of anilines is 1. The first-order chi connectivity index (χ1) is 5.11. The minimum absolute atomic E-state index is 0.0331. The Balaban J connectivity index is 3.20. The third-order valence-corrected chi connectivity index (χ3v) is 2.62. The number of hydrogen-bond donors (Lipinski definition) is 1. The zero-order chi connectivity index (χ0) is 8.43. The van der Waals surface area contributed by atoms with Crippen molar-refractivity contribution in [1.82, 2.24) is 4.98 Å². The summed E-state index contributed by atoms with van der Waals surface area (Å²) in [7, 11) is 0.0331. The third kappa shape index (κ3) is 1.80. The van der Waals surface area contributed by atoms with Crippen LogP contribution in [-0.2, 0) is 0 Å². The van der Waals surface area contributed by atoms with Crippen LogP contribution in [0.1, 0.15) is 5.69 Å². The molecule has 0 aliphatic heterocycles. The van der Waals surface area contributed by atoms with E-state index < -0.39 is 0 Å². The van der Waals surface area contributed by atoms with E-state index in [0.717, 1.165) is 5.69 Å². The largest absolute Gasteiger partial charge is 0.384 e. The maximum atomic E-state index is 5.50. The number of pyridine rings is 1. The van der Waals surface area contributed by atoms with Gasteiger partial charge in [0, 0.05) is 4.90 Å². The van der Waals surface area contributed by atoms with Crippen LogP contribution in [0.25, 0.3) is 0 Å². The Kier molecular flexibility index (Phi) is 2.29. The van der Waals surface area contributed by atoms with Crippen LogP contribution in [0.2, 0.25) is 0 Å². The van der Waals surface area contributed by atoms with Gasteiger partial charge in [-0.15, -0.1) is 0 Å². The standard InChI is InChI=1S/C8H12N2S/c1-6-7(11(2)3)4-5-8(9)10-6/h4-5H,2H2,1,3H3,(H2,9,10). The molecule has 1 aromatic rings. The van der Waals surface area contributed by atoms with Crippen molar-refractivity contribution < 1.29 is 0 Å². The molecule has 0 bridgehead atoms. The lowest BCUT2D eigenvalue weighted by Gasteiger charge is -2.04. The highest BCUT2D eigenvalue weighted by molar-refractivity contribution is 8.13. The number of rotatable bonds is 1. The fraction of sp³-hybridized carbons (Fsp3) is 0.250. The molecule has 2 nitrogen and oxygen atoms in total. The summed E-state index contributed by atoms with van der Waals surface area (Å²) >= 11 is 0. The Morgan fingerprint density at radius 2 is 2.18 bits per heavy atom. The molecule has 0 fully saturated rings. The highest BCUT2D eigenvalue weighted by atomic mass is 32.2. The van der Waals surface area contributed by atoms with Crippen molar-refractivity contribution in [2.75, 3.05) is 12.0 Å². The fourth-order valence-electron chi connectivity index (χ4n) is 0.936. The first kappa shape index (κ1) is 8.27. The summed E-state index contributed by atoms with van der Waals surface area (Å²) in [5, 5.41) is 0. The maximum absolute atomic E-state index is 5.50. The molecule has 1 aromatic heterocycles. The zero-order valence-electron chi connectivity index (χ0n) is 6.79. The van der Waals surface area contributed by atoms with Gasteiger partial charge >= 0.3 is 0 Å². The minimum Gasteiger partial charge on any atom is -0.384 e. The molecule has 1 unspecified atom stereocenters. The smallest absolute Gasteiger partial charge is 0.123 e. The Morgan fingerprint density at radius 3 is 2.64 bits per heavy atom. The minimum atomic E-state index is 0.0331. The van der Waals surface area contributed by atoms with Crippen molar-refractivity contribution in [2.24, 2.45) is 0 Å². The average molecular weight is 168 g/mol. The van der Waals surface area contributed by atoms with Crippen LogP contribution in [0.15, 0.2) is 17.0 Å². The summed E-state index contributed by atoms with van der Waals surface area (Å²) in [5.74, 6) is 4.53. The van der Waals surface area contributed by atoms with Gasteiger partial charge in [-0.1, -0.05) is 5.87 Å². The van der Waals surface area contributed by atoms with Crippen molar-refractivity contribution in [3.8, 4) is 0 Å². The second kappa shape index (κ2) is 3.05. The molecule has 0 aliphatic rings. The Morgan fingerprint density at radius 1 is 1.55 bits per heavy atom. The molecule has 0 amide bonds. The summed E-state index contributed by atoms with van der Waals surface area (Å²) < 4.78 is 0. The van der Waals surface area contributed by atoms with Gasteiger partial charge in [-0.2, -0.15) is 10.5 Å². The van der Waals surface area contributed by atoms with Gasteiger partial charge in [0.25, 0.3) is 0 Å². The lowest BCUT2D eigenvalue weighted by atomic mass is 10.4. The molecule has 0 aliphatic carbocycles. The first-order valence-corrected chi connectivity index (χ1v) is 5.10. The van der Waals surface area contributed by atoms with E-state index in [1.165, 1.54) is 4.90 Å². The lowest BCUT2D eigenvalue weighted by molar-refractivity contribution is 1.12. The predicted octanol–water partition coefficient (Wildman–Crippen LogP) is 1.66. The molecular weight excluding hydrogens is 156 g/mol. The van der Waals surface area contributed by atoms with Gasteiger partial charge in [-0.05, 0) is 25.3 Å². The van der Waals surface area contributed by atoms with Gasteiger partial charge < -0.3 is 5.73 Å². The highest BCUT2D eigenvalue weighted by Gasteiger charge is 1.98. The monoisotopic (exact) mass is 168 g/mol. The fourth-order valence-corrected chi connectivity index (χ4v) is 1.79. The number of nitrogens with zero attached hydrogens (tertiary/aromatic N) is 1. The van der Waals surface area contributed by atoms with E-state index in [9.17, 15) is 0 Å². The number of hydrogen-bond acceptors (Lipinski definition) is 2. The molecular formula is C8H12N2S. The van der Waals surface area contributed by atoms with Gasteiger partial charge in [-0.3, -0.25) is 0 Å². The molecule has 2 N–H and O–H groups in total. The SMILES string of the molecule is C=S(C)c1ccc(N)nc1C. The average Bonchev–Trinajstić information content (AvgIpc) is 1.85. The van der Waals surface area contributed by atoms with Crippen LogP contribution in [0.5, 0.6) is 0 Å². The Labute approximate surface area is 69.4 Å². The van der Waals surface area contributed by atoms with Gasteiger partial charge in [0.1, 0.15) is 5.82 Å². The van der Waals surface area contributed by atoms with Crippen LogP contribution < -0.4 is 5.73 Å². The van der Waals surface area contributed by atoms with Crippen molar-refractivity contribution in [2.45, 2.75) is 11.8 Å². The topological polar surface area (TPSA) is 38.9 Å². The van der Waals surface area contributed by atoms with Crippen LogP contribution in [0.4, 0.5) is 5.82 Å². The lowest BCUT2D eigenvalue weighted by Crippen LogP contribution is -1.93. The molecule has 0 aromatic carbocycles. The number of nitrogen functional groups attached to an aromatic ring is 1. The predicted molar refractivity (Wildman–Crippen MR) is 52.3 cm³/mol. The maximum Gasteiger partial charge on any atom is 0.123 e. The number of aromatic nitrogens is 1. The molecule has 3 heteroatoms. The Bertz CT molecular complexity index is 294. The zero-order valence-corrected chi connectivity index (χ0v) is 7.61. The van der Waals surface area contributed by atoms with Crippen molar-refractivity contribution >= 4 is 22.2 Å². The van der Waals surface area contributed by atoms with E-state index >= 15 is 0 Å². The second-order valence-corrected chi connectivity index (χ2v) is 4.17. The van der Waals surface area contributed by atoms with Crippen LogP contribution in [0, 0.1) is 6.92 Å². The van der Waals surface area contributed by atoms with Gasteiger partial charge in [0.2, 0.25) is 0 Å². The van der Waals surface area contributed by atoms with E-state index in [-0.39, 0.29) is 10.5 Å².